The first-order chi connectivity index (χ1) is 19.3. The highest BCUT2D eigenvalue weighted by atomic mass is 16.2. The van der Waals surface area contributed by atoms with Crippen LogP contribution < -0.4 is 5.32 Å². The van der Waals surface area contributed by atoms with E-state index >= 15 is 0 Å². The first kappa shape index (κ1) is 25.3. The van der Waals surface area contributed by atoms with Crippen molar-refractivity contribution in [3.8, 4) is 0 Å². The normalized spacial score (nSPS) is 38.5. The zero-order valence-electron chi connectivity index (χ0n) is 24.4. The van der Waals surface area contributed by atoms with Crippen LogP contribution in [0.1, 0.15) is 105 Å². The van der Waals surface area contributed by atoms with Gasteiger partial charge in [0.2, 0.25) is 5.78 Å². The summed E-state index contributed by atoms with van der Waals surface area (Å²) < 4.78 is 0. The molecule has 2 aromatic carbocycles. The van der Waals surface area contributed by atoms with Crippen LogP contribution in [-0.4, -0.2) is 11.7 Å². The Kier molecular flexibility index (Phi) is 5.72. The maximum absolute atomic E-state index is 13.3. The molecule has 0 saturated heterocycles. The summed E-state index contributed by atoms with van der Waals surface area (Å²) in [7, 11) is 0. The lowest BCUT2D eigenvalue weighted by molar-refractivity contribution is -0.134. The molecule has 3 heteroatoms. The number of anilines is 1. The van der Waals surface area contributed by atoms with Gasteiger partial charge >= 0.3 is 0 Å². The molecule has 0 atom stereocenters. The van der Waals surface area contributed by atoms with Gasteiger partial charge < -0.3 is 5.32 Å². The Hall–Kier alpha value is -2.42. The van der Waals surface area contributed by atoms with Crippen LogP contribution in [-0.2, 0) is 26.8 Å². The van der Waals surface area contributed by atoms with E-state index in [1.54, 1.807) is 0 Å². The molecule has 8 fully saturated rings. The van der Waals surface area contributed by atoms with Crippen LogP contribution in [0.15, 0.2) is 36.4 Å². The van der Waals surface area contributed by atoms with Crippen LogP contribution in [0.3, 0.4) is 0 Å². The Morgan fingerprint density at radius 3 is 1.55 bits per heavy atom. The second kappa shape index (κ2) is 9.04. The topological polar surface area (TPSA) is 46.2 Å². The summed E-state index contributed by atoms with van der Waals surface area (Å²) in [6, 6.07) is 13.5. The molecule has 0 aromatic heterocycles. The van der Waals surface area contributed by atoms with E-state index in [1.165, 1.54) is 88.2 Å². The third-order valence-electron chi connectivity index (χ3n) is 12.7. The number of rotatable bonds is 6. The molecule has 2 aromatic rings. The molecular weight excluding hydrogens is 490 g/mol. The van der Waals surface area contributed by atoms with Crippen molar-refractivity contribution in [2.45, 2.75) is 108 Å². The fourth-order valence-electron chi connectivity index (χ4n) is 11.7. The van der Waals surface area contributed by atoms with Crippen molar-refractivity contribution in [3.63, 3.8) is 0 Å². The quantitative estimate of drug-likeness (QED) is 0.381. The Morgan fingerprint density at radius 1 is 0.650 bits per heavy atom. The molecule has 0 heterocycles. The Morgan fingerprint density at radius 2 is 1.07 bits per heavy atom. The largest absolute Gasteiger partial charge is 0.319 e. The number of carbonyl (C=O) groups is 2. The zero-order valence-corrected chi connectivity index (χ0v) is 24.4. The standard InChI is InChI=1S/C37H45NO2/c1-22-3-5-31(36-16-24-7-25(17-36)9-26(8-24)18-36)13-30(22)14-34(39)35(40)38-33-15-32(6-4-23(33)2)37-19-27-10-28(20-37)12-29(11-27)21-37/h3-6,13,15,24-29H,7-12,14,16-21H2,1-2H3,(H,38,40). The van der Waals surface area contributed by atoms with Crippen molar-refractivity contribution in [2.75, 3.05) is 5.32 Å². The van der Waals surface area contributed by atoms with Crippen LogP contribution in [0.25, 0.3) is 0 Å². The van der Waals surface area contributed by atoms with Gasteiger partial charge in [0.25, 0.3) is 5.91 Å². The number of nitrogens with one attached hydrogen (secondary N) is 1. The molecule has 40 heavy (non-hydrogen) atoms. The lowest BCUT2D eigenvalue weighted by Crippen LogP contribution is -2.48. The average molecular weight is 536 g/mol. The van der Waals surface area contributed by atoms with Gasteiger partial charge in [-0.3, -0.25) is 9.59 Å². The van der Waals surface area contributed by atoms with Gasteiger partial charge in [0.15, 0.2) is 0 Å². The molecule has 0 spiro atoms. The van der Waals surface area contributed by atoms with Gasteiger partial charge in [0.1, 0.15) is 0 Å². The van der Waals surface area contributed by atoms with Crippen LogP contribution in [0.4, 0.5) is 5.69 Å². The summed E-state index contributed by atoms with van der Waals surface area (Å²) >= 11 is 0. The monoisotopic (exact) mass is 535 g/mol. The molecule has 0 radical (unpaired) electrons. The summed E-state index contributed by atoms with van der Waals surface area (Å²) in [6.45, 7) is 4.13. The summed E-state index contributed by atoms with van der Waals surface area (Å²) in [5.41, 5.74) is 7.42. The second-order valence-corrected chi connectivity index (χ2v) is 15.6. The number of ketones is 1. The van der Waals surface area contributed by atoms with E-state index in [0.717, 1.165) is 57.9 Å². The highest BCUT2D eigenvalue weighted by Crippen LogP contribution is 2.62. The van der Waals surface area contributed by atoms with Gasteiger partial charge in [-0.05, 0) is 171 Å². The first-order valence-corrected chi connectivity index (χ1v) is 16.3. The second-order valence-electron chi connectivity index (χ2n) is 15.6. The maximum Gasteiger partial charge on any atom is 0.292 e. The van der Waals surface area contributed by atoms with Crippen molar-refractivity contribution in [1.29, 1.82) is 0 Å². The maximum atomic E-state index is 13.3. The van der Waals surface area contributed by atoms with E-state index in [-0.39, 0.29) is 17.6 Å². The van der Waals surface area contributed by atoms with Gasteiger partial charge in [0, 0.05) is 12.1 Å². The minimum absolute atomic E-state index is 0.186. The summed E-state index contributed by atoms with van der Waals surface area (Å²) in [4.78, 5) is 26.6. The lowest BCUT2D eigenvalue weighted by atomic mass is 9.48. The van der Waals surface area contributed by atoms with E-state index in [1.807, 2.05) is 6.92 Å². The Bertz CT molecular complexity index is 1210. The molecule has 8 aliphatic carbocycles. The zero-order chi connectivity index (χ0) is 27.2. The minimum atomic E-state index is -0.467. The molecule has 8 bridgehead atoms. The summed E-state index contributed by atoms with van der Waals surface area (Å²) in [5.74, 6) is 4.51. The van der Waals surface area contributed by atoms with Gasteiger partial charge in [-0.2, -0.15) is 0 Å². The highest BCUT2D eigenvalue weighted by Gasteiger charge is 2.52. The van der Waals surface area contributed by atoms with Crippen LogP contribution in [0.5, 0.6) is 0 Å². The average Bonchev–Trinajstić information content (AvgIpc) is 2.89. The SMILES string of the molecule is Cc1ccc(C23CC4CC(CC(C4)C2)C3)cc1CC(=O)C(=O)Nc1cc(C23CC4CC(CC(C4)C2)C3)ccc1C. The van der Waals surface area contributed by atoms with Gasteiger partial charge in [-0.25, -0.2) is 0 Å². The van der Waals surface area contributed by atoms with E-state index in [4.69, 9.17) is 0 Å². The van der Waals surface area contributed by atoms with Gasteiger partial charge in [0.05, 0.1) is 0 Å². The van der Waals surface area contributed by atoms with Crippen LogP contribution >= 0.6 is 0 Å². The van der Waals surface area contributed by atoms with Crippen molar-refractivity contribution < 1.29 is 9.59 Å². The number of benzene rings is 2. The highest BCUT2D eigenvalue weighted by molar-refractivity contribution is 6.41. The van der Waals surface area contributed by atoms with Crippen molar-refractivity contribution in [1.82, 2.24) is 0 Å². The molecule has 210 valence electrons. The molecule has 1 amide bonds. The number of hydrogen-bond donors (Lipinski definition) is 1. The fraction of sp³-hybridized carbons (Fsp3) is 0.622. The molecule has 8 aliphatic rings. The first-order valence-electron chi connectivity index (χ1n) is 16.3. The molecule has 0 aliphatic heterocycles. The molecule has 10 rings (SSSR count). The molecular formula is C37H45NO2. The molecule has 0 unspecified atom stereocenters. The smallest absolute Gasteiger partial charge is 0.292 e. The van der Waals surface area contributed by atoms with Gasteiger partial charge in [-0.1, -0.05) is 30.3 Å². The van der Waals surface area contributed by atoms with Crippen molar-refractivity contribution >= 4 is 17.4 Å². The van der Waals surface area contributed by atoms with E-state index in [2.05, 4.69) is 48.6 Å². The predicted molar refractivity (Wildman–Crippen MR) is 159 cm³/mol. The summed E-state index contributed by atoms with van der Waals surface area (Å²) in [5, 5.41) is 3.06. The van der Waals surface area contributed by atoms with E-state index in [9.17, 15) is 9.59 Å². The van der Waals surface area contributed by atoms with Crippen LogP contribution in [0, 0.1) is 49.4 Å². The van der Waals surface area contributed by atoms with Crippen LogP contribution in [0.2, 0.25) is 0 Å². The molecule has 3 nitrogen and oxygen atoms in total. The molecule has 1 N–H and O–H groups in total. The van der Waals surface area contributed by atoms with Crippen molar-refractivity contribution in [2.24, 2.45) is 35.5 Å². The van der Waals surface area contributed by atoms with Crippen molar-refractivity contribution in [3.05, 3.63) is 64.2 Å². The summed E-state index contributed by atoms with van der Waals surface area (Å²) in [6.07, 6.45) is 16.6. The third-order valence-corrected chi connectivity index (χ3v) is 12.7. The fourth-order valence-corrected chi connectivity index (χ4v) is 11.7. The number of Topliss-reactive ketones (excluding diaryl/α,β-unsaturated/α-hetero) is 1. The van der Waals surface area contributed by atoms with Gasteiger partial charge in [-0.15, -0.1) is 0 Å². The minimum Gasteiger partial charge on any atom is -0.319 e. The number of hydrogen-bond acceptors (Lipinski definition) is 2. The number of carbonyl (C=O) groups excluding carboxylic acids is 2. The number of amides is 1. The van der Waals surface area contributed by atoms with E-state index < -0.39 is 5.91 Å². The predicted octanol–water partition coefficient (Wildman–Crippen LogP) is 7.99. The van der Waals surface area contributed by atoms with E-state index in [0.29, 0.717) is 5.41 Å². The third kappa shape index (κ3) is 4.12. The number of aryl methyl sites for hydroxylation is 2. The Balaban J connectivity index is 0.999. The molecule has 8 saturated carbocycles. The Labute approximate surface area is 239 Å². The lowest BCUT2D eigenvalue weighted by Gasteiger charge is -2.57.